The quantitative estimate of drug-likeness (QED) is 0.820. The molecule has 1 saturated carbocycles. The summed E-state index contributed by atoms with van der Waals surface area (Å²) in [7, 11) is 0. The lowest BCUT2D eigenvalue weighted by molar-refractivity contribution is 0.378. The highest BCUT2D eigenvalue weighted by molar-refractivity contribution is 5.21. The minimum absolute atomic E-state index is 0.707. The van der Waals surface area contributed by atoms with E-state index >= 15 is 0 Å². The number of rotatable bonds is 4. The van der Waals surface area contributed by atoms with E-state index in [0.717, 1.165) is 19.0 Å². The summed E-state index contributed by atoms with van der Waals surface area (Å²) in [4.78, 5) is 4.38. The number of aromatic nitrogens is 1. The van der Waals surface area contributed by atoms with E-state index in [4.69, 9.17) is 0 Å². The molecule has 1 heterocycles. The molecule has 1 aliphatic carbocycles. The predicted molar refractivity (Wildman–Crippen MR) is 76.8 cm³/mol. The van der Waals surface area contributed by atoms with Gasteiger partial charge in [-0.05, 0) is 55.8 Å². The first-order chi connectivity index (χ1) is 8.81. The molecule has 1 aromatic rings. The van der Waals surface area contributed by atoms with Crippen LogP contribution in [0.3, 0.4) is 0 Å². The van der Waals surface area contributed by atoms with Crippen molar-refractivity contribution in [2.75, 3.05) is 13.1 Å². The summed E-state index contributed by atoms with van der Waals surface area (Å²) in [6, 6.07) is 2.34. The van der Waals surface area contributed by atoms with Crippen molar-refractivity contribution in [3.05, 3.63) is 29.6 Å². The third-order valence-electron chi connectivity index (χ3n) is 4.14. The average Bonchev–Trinajstić information content (AvgIpc) is 2.61. The molecule has 1 fully saturated rings. The van der Waals surface area contributed by atoms with Gasteiger partial charge >= 0.3 is 0 Å². The zero-order chi connectivity index (χ0) is 12.8. The van der Waals surface area contributed by atoms with E-state index in [9.17, 15) is 0 Å². The van der Waals surface area contributed by atoms with Crippen LogP contribution in [0.25, 0.3) is 0 Å². The zero-order valence-electron chi connectivity index (χ0n) is 11.8. The van der Waals surface area contributed by atoms with Gasteiger partial charge in [0.2, 0.25) is 0 Å². The summed E-state index contributed by atoms with van der Waals surface area (Å²) in [6.45, 7) is 6.58. The van der Waals surface area contributed by atoms with Crippen LogP contribution >= 0.6 is 0 Å². The van der Waals surface area contributed by atoms with Crippen LogP contribution in [0.2, 0.25) is 0 Å². The van der Waals surface area contributed by atoms with Crippen molar-refractivity contribution in [2.45, 2.75) is 51.9 Å². The molecule has 2 atom stereocenters. The zero-order valence-corrected chi connectivity index (χ0v) is 11.8. The summed E-state index contributed by atoms with van der Waals surface area (Å²) < 4.78 is 0. The summed E-state index contributed by atoms with van der Waals surface area (Å²) in [6.07, 6.45) is 10.9. The van der Waals surface area contributed by atoms with Crippen LogP contribution in [0.4, 0.5) is 0 Å². The number of aryl methyl sites for hydroxylation is 1. The van der Waals surface area contributed by atoms with Crippen LogP contribution in [-0.4, -0.2) is 18.1 Å². The lowest BCUT2D eigenvalue weighted by atomic mass is 9.82. The lowest BCUT2D eigenvalue weighted by Gasteiger charge is -2.25. The SMILES string of the molecule is CCNCC1CCCCCC1c1cncc(C)c1. The van der Waals surface area contributed by atoms with Crippen LogP contribution in [0, 0.1) is 12.8 Å². The van der Waals surface area contributed by atoms with Gasteiger partial charge in [-0.2, -0.15) is 0 Å². The highest BCUT2D eigenvalue weighted by Crippen LogP contribution is 2.36. The highest BCUT2D eigenvalue weighted by atomic mass is 14.8. The molecule has 2 heteroatoms. The first-order valence-electron chi connectivity index (χ1n) is 7.43. The Morgan fingerprint density at radius 1 is 1.22 bits per heavy atom. The van der Waals surface area contributed by atoms with E-state index in [-0.39, 0.29) is 0 Å². The fourth-order valence-electron chi connectivity index (χ4n) is 3.18. The molecule has 100 valence electrons. The summed E-state index contributed by atoms with van der Waals surface area (Å²) >= 11 is 0. The van der Waals surface area contributed by atoms with Crippen LogP contribution in [0.5, 0.6) is 0 Å². The molecule has 0 amide bonds. The summed E-state index contributed by atoms with van der Waals surface area (Å²) in [5.41, 5.74) is 2.75. The van der Waals surface area contributed by atoms with Gasteiger partial charge in [0.1, 0.15) is 0 Å². The molecule has 0 aliphatic heterocycles. The maximum absolute atomic E-state index is 4.38. The topological polar surface area (TPSA) is 24.9 Å². The molecule has 0 saturated heterocycles. The molecule has 2 nitrogen and oxygen atoms in total. The Balaban J connectivity index is 2.14. The fourth-order valence-corrected chi connectivity index (χ4v) is 3.18. The Bertz CT molecular complexity index is 362. The molecule has 0 radical (unpaired) electrons. The van der Waals surface area contributed by atoms with Crippen molar-refractivity contribution in [2.24, 2.45) is 5.92 Å². The van der Waals surface area contributed by atoms with Crippen LogP contribution in [0.1, 0.15) is 56.1 Å². The lowest BCUT2D eigenvalue weighted by Crippen LogP contribution is -2.26. The predicted octanol–water partition coefficient (Wildman–Crippen LogP) is 3.66. The van der Waals surface area contributed by atoms with Crippen molar-refractivity contribution < 1.29 is 0 Å². The second-order valence-electron chi connectivity index (χ2n) is 5.61. The maximum Gasteiger partial charge on any atom is 0.0303 e. The highest BCUT2D eigenvalue weighted by Gasteiger charge is 2.24. The molecule has 2 unspecified atom stereocenters. The smallest absolute Gasteiger partial charge is 0.0303 e. The molecule has 2 rings (SSSR count). The van der Waals surface area contributed by atoms with Gasteiger partial charge in [-0.3, -0.25) is 4.98 Å². The van der Waals surface area contributed by atoms with E-state index in [1.807, 2.05) is 6.20 Å². The Hall–Kier alpha value is -0.890. The van der Waals surface area contributed by atoms with E-state index in [0.29, 0.717) is 5.92 Å². The first kappa shape index (κ1) is 13.5. The minimum atomic E-state index is 0.707. The van der Waals surface area contributed by atoms with Crippen molar-refractivity contribution >= 4 is 0 Å². The van der Waals surface area contributed by atoms with Crippen LogP contribution in [-0.2, 0) is 0 Å². The fraction of sp³-hybridized carbons (Fsp3) is 0.688. The van der Waals surface area contributed by atoms with Crippen molar-refractivity contribution in [1.82, 2.24) is 10.3 Å². The number of nitrogens with zero attached hydrogens (tertiary/aromatic N) is 1. The van der Waals surface area contributed by atoms with Crippen molar-refractivity contribution in [3.8, 4) is 0 Å². The molecular weight excluding hydrogens is 220 g/mol. The number of pyridine rings is 1. The standard InChI is InChI=1S/C16H26N2/c1-3-17-11-14-7-5-4-6-8-16(14)15-9-13(2)10-18-12-15/h9-10,12,14,16-17H,3-8,11H2,1-2H3. The Kier molecular flexibility index (Phi) is 5.18. The Morgan fingerprint density at radius 3 is 2.83 bits per heavy atom. The van der Waals surface area contributed by atoms with Gasteiger partial charge in [-0.15, -0.1) is 0 Å². The molecule has 0 bridgehead atoms. The molecule has 1 aliphatic rings. The van der Waals surface area contributed by atoms with Gasteiger partial charge in [0.15, 0.2) is 0 Å². The number of hydrogen-bond acceptors (Lipinski definition) is 2. The van der Waals surface area contributed by atoms with Gasteiger partial charge in [0.05, 0.1) is 0 Å². The second kappa shape index (κ2) is 6.89. The molecule has 0 aromatic carbocycles. The summed E-state index contributed by atoms with van der Waals surface area (Å²) in [5, 5.41) is 3.54. The van der Waals surface area contributed by atoms with Crippen LogP contribution < -0.4 is 5.32 Å². The van der Waals surface area contributed by atoms with Crippen molar-refractivity contribution in [1.29, 1.82) is 0 Å². The van der Waals surface area contributed by atoms with Gasteiger partial charge in [0, 0.05) is 12.4 Å². The van der Waals surface area contributed by atoms with Gasteiger partial charge in [-0.25, -0.2) is 0 Å². The molecule has 18 heavy (non-hydrogen) atoms. The number of hydrogen-bond donors (Lipinski definition) is 1. The normalized spacial score (nSPS) is 24.8. The molecule has 0 spiro atoms. The van der Waals surface area contributed by atoms with E-state index < -0.39 is 0 Å². The van der Waals surface area contributed by atoms with E-state index in [1.165, 1.54) is 43.2 Å². The van der Waals surface area contributed by atoms with Gasteiger partial charge < -0.3 is 5.32 Å². The molecule has 1 N–H and O–H groups in total. The van der Waals surface area contributed by atoms with E-state index in [1.54, 1.807) is 0 Å². The summed E-state index contributed by atoms with van der Waals surface area (Å²) in [5.74, 6) is 1.50. The Morgan fingerprint density at radius 2 is 2.06 bits per heavy atom. The third kappa shape index (κ3) is 3.55. The molecule has 1 aromatic heterocycles. The second-order valence-corrected chi connectivity index (χ2v) is 5.61. The minimum Gasteiger partial charge on any atom is -0.317 e. The monoisotopic (exact) mass is 246 g/mol. The Labute approximate surface area is 111 Å². The van der Waals surface area contributed by atoms with Gasteiger partial charge in [-0.1, -0.05) is 32.3 Å². The average molecular weight is 246 g/mol. The maximum atomic E-state index is 4.38. The van der Waals surface area contributed by atoms with Crippen LogP contribution in [0.15, 0.2) is 18.5 Å². The van der Waals surface area contributed by atoms with Gasteiger partial charge in [0.25, 0.3) is 0 Å². The first-order valence-corrected chi connectivity index (χ1v) is 7.43. The largest absolute Gasteiger partial charge is 0.317 e. The third-order valence-corrected chi connectivity index (χ3v) is 4.14. The number of nitrogens with one attached hydrogen (secondary N) is 1. The van der Waals surface area contributed by atoms with Crippen molar-refractivity contribution in [3.63, 3.8) is 0 Å². The molecular formula is C16H26N2. The van der Waals surface area contributed by atoms with E-state index in [2.05, 4.69) is 36.4 Å².